The van der Waals surface area contributed by atoms with Gasteiger partial charge in [0.25, 0.3) is 5.91 Å². The molecule has 0 aliphatic carbocycles. The van der Waals surface area contributed by atoms with Crippen LogP contribution in [0.2, 0.25) is 0 Å². The number of methoxy groups -OCH3 is 1. The molecule has 0 aliphatic rings. The summed E-state index contributed by atoms with van der Waals surface area (Å²) < 4.78 is 7.22. The van der Waals surface area contributed by atoms with Crippen molar-refractivity contribution in [1.82, 2.24) is 15.3 Å². The molecule has 1 aromatic heterocycles. The normalized spacial score (nSPS) is 11.0. The summed E-state index contributed by atoms with van der Waals surface area (Å²) in [6.07, 6.45) is 4.58. The second-order valence-electron chi connectivity index (χ2n) is 6.94. The van der Waals surface area contributed by atoms with Crippen molar-refractivity contribution in [3.05, 3.63) is 65.9 Å². The van der Waals surface area contributed by atoms with E-state index in [2.05, 4.69) is 20.4 Å². The lowest BCUT2D eigenvalue weighted by Gasteiger charge is -2.07. The molecule has 8 nitrogen and oxygen atoms in total. The molecule has 2 amide bonds. The second kappa shape index (κ2) is 10.9. The number of fused-ring (bicyclic) bond motifs is 1. The predicted molar refractivity (Wildman–Crippen MR) is 119 cm³/mol. The number of amides is 2. The van der Waals surface area contributed by atoms with Crippen molar-refractivity contribution in [2.45, 2.75) is 19.4 Å². The average Bonchev–Trinajstić information content (AvgIpc) is 3.20. The van der Waals surface area contributed by atoms with Crippen LogP contribution in [0.1, 0.15) is 28.8 Å². The Morgan fingerprint density at radius 3 is 2.87 bits per heavy atom. The molecule has 0 unspecified atom stereocenters. The molecular formula is C23H26N4O4. The minimum atomic E-state index is -0.297. The maximum atomic E-state index is 12.4. The van der Waals surface area contributed by atoms with Crippen LogP contribution in [0.3, 0.4) is 0 Å². The van der Waals surface area contributed by atoms with Crippen LogP contribution in [0, 0.1) is 0 Å². The fraction of sp³-hybridized carbons (Fsp3) is 0.261. The third-order valence-corrected chi connectivity index (χ3v) is 4.74. The summed E-state index contributed by atoms with van der Waals surface area (Å²) in [5.41, 5.74) is 4.86. The molecule has 31 heavy (non-hydrogen) atoms. The van der Waals surface area contributed by atoms with Gasteiger partial charge in [-0.1, -0.05) is 12.1 Å². The quantitative estimate of drug-likeness (QED) is 0.344. The lowest BCUT2D eigenvalue weighted by molar-refractivity contribution is -0.121. The van der Waals surface area contributed by atoms with E-state index in [9.17, 15) is 9.59 Å². The Bertz CT molecular complexity index is 1070. The zero-order valence-corrected chi connectivity index (χ0v) is 17.4. The number of aliphatic hydroxyl groups excluding tert-OH is 1. The van der Waals surface area contributed by atoms with Gasteiger partial charge in [-0.3, -0.25) is 9.59 Å². The first-order valence-electron chi connectivity index (χ1n) is 10.0. The highest BCUT2D eigenvalue weighted by molar-refractivity contribution is 5.98. The van der Waals surface area contributed by atoms with Gasteiger partial charge in [-0.25, -0.2) is 5.43 Å². The first kappa shape index (κ1) is 22.0. The molecule has 0 atom stereocenters. The monoisotopic (exact) mass is 422 g/mol. The number of carbonyl (C=O) groups excluding carboxylic acids is 2. The lowest BCUT2D eigenvalue weighted by Crippen LogP contribution is -2.26. The number of aryl methyl sites for hydroxylation is 1. The summed E-state index contributed by atoms with van der Waals surface area (Å²) in [4.78, 5) is 24.1. The van der Waals surface area contributed by atoms with E-state index in [0.29, 0.717) is 24.9 Å². The second-order valence-corrected chi connectivity index (χ2v) is 6.94. The summed E-state index contributed by atoms with van der Waals surface area (Å²) in [5.74, 6) is 0.351. The van der Waals surface area contributed by atoms with Crippen LogP contribution in [0.5, 0.6) is 5.75 Å². The van der Waals surface area contributed by atoms with Crippen LogP contribution in [0.25, 0.3) is 10.9 Å². The van der Waals surface area contributed by atoms with E-state index in [-0.39, 0.29) is 25.0 Å². The van der Waals surface area contributed by atoms with Crippen LogP contribution in [0.15, 0.2) is 59.8 Å². The zero-order valence-electron chi connectivity index (χ0n) is 17.4. The van der Waals surface area contributed by atoms with E-state index in [1.54, 1.807) is 19.4 Å². The minimum Gasteiger partial charge on any atom is -0.497 e. The van der Waals surface area contributed by atoms with Gasteiger partial charge in [0.2, 0.25) is 5.91 Å². The average molecular weight is 422 g/mol. The largest absolute Gasteiger partial charge is 0.497 e. The highest BCUT2D eigenvalue weighted by atomic mass is 16.5. The van der Waals surface area contributed by atoms with Gasteiger partial charge < -0.3 is 19.7 Å². The van der Waals surface area contributed by atoms with Gasteiger partial charge in [0.05, 0.1) is 19.9 Å². The molecule has 0 fully saturated rings. The lowest BCUT2D eigenvalue weighted by atomic mass is 10.1. The molecule has 3 N–H and O–H groups in total. The van der Waals surface area contributed by atoms with Crippen molar-refractivity contribution >= 4 is 28.9 Å². The van der Waals surface area contributed by atoms with Crippen molar-refractivity contribution in [3.8, 4) is 5.75 Å². The van der Waals surface area contributed by atoms with Crippen LogP contribution in [-0.2, 0) is 11.3 Å². The number of aliphatic hydroxyl groups is 1. The number of rotatable bonds is 10. The van der Waals surface area contributed by atoms with Crippen LogP contribution < -0.4 is 15.5 Å². The number of carbonyl (C=O) groups is 2. The third kappa shape index (κ3) is 6.16. The van der Waals surface area contributed by atoms with Crippen molar-refractivity contribution in [2.75, 3.05) is 20.3 Å². The highest BCUT2D eigenvalue weighted by Crippen LogP contribution is 2.18. The summed E-state index contributed by atoms with van der Waals surface area (Å²) in [7, 11) is 1.59. The van der Waals surface area contributed by atoms with E-state index in [1.807, 2.05) is 48.7 Å². The van der Waals surface area contributed by atoms with Gasteiger partial charge in [-0.15, -0.1) is 0 Å². The van der Waals surface area contributed by atoms with E-state index in [4.69, 9.17) is 9.84 Å². The maximum Gasteiger partial charge on any atom is 0.271 e. The van der Waals surface area contributed by atoms with Crippen molar-refractivity contribution in [2.24, 2.45) is 5.10 Å². The van der Waals surface area contributed by atoms with Crippen molar-refractivity contribution < 1.29 is 19.4 Å². The first-order valence-corrected chi connectivity index (χ1v) is 10.0. The zero-order chi connectivity index (χ0) is 22.1. The molecule has 0 saturated heterocycles. The number of ether oxygens (including phenoxy) is 1. The van der Waals surface area contributed by atoms with E-state index >= 15 is 0 Å². The van der Waals surface area contributed by atoms with E-state index in [1.165, 1.54) is 0 Å². The molecule has 1 heterocycles. The Balaban J connectivity index is 1.57. The summed E-state index contributed by atoms with van der Waals surface area (Å²) in [6, 6.07) is 14.8. The summed E-state index contributed by atoms with van der Waals surface area (Å²) >= 11 is 0. The molecule has 162 valence electrons. The molecule has 0 bridgehead atoms. The molecule has 3 aromatic rings. The standard InChI is InChI=1S/C23H26N4O4/c1-31-20-5-2-4-17(14-20)16-25-26-23(30)19-7-8-21-18(15-19)9-12-27(21)11-3-6-22(29)24-10-13-28/h2,4-5,7-9,12,14-16,28H,3,6,10-11,13H2,1H3,(H,24,29)(H,26,30). The van der Waals surface area contributed by atoms with Crippen LogP contribution in [-0.4, -0.2) is 48.0 Å². The minimum absolute atomic E-state index is 0.0593. The molecule has 0 spiro atoms. The number of benzene rings is 2. The van der Waals surface area contributed by atoms with Crippen LogP contribution >= 0.6 is 0 Å². The SMILES string of the molecule is COc1cccc(C=NNC(=O)c2ccc3c(ccn3CCCC(=O)NCCO)c2)c1. The maximum absolute atomic E-state index is 12.4. The number of aromatic nitrogens is 1. The smallest absolute Gasteiger partial charge is 0.271 e. The summed E-state index contributed by atoms with van der Waals surface area (Å²) in [5, 5.41) is 16.3. The molecule has 8 heteroatoms. The molecule has 0 saturated carbocycles. The van der Waals surface area contributed by atoms with Gasteiger partial charge in [-0.05, 0) is 48.4 Å². The number of nitrogens with zero attached hydrogens (tertiary/aromatic N) is 2. The number of hydrogen-bond donors (Lipinski definition) is 3. The molecule has 0 radical (unpaired) electrons. The van der Waals surface area contributed by atoms with E-state index < -0.39 is 0 Å². The Labute approximate surface area is 180 Å². The third-order valence-electron chi connectivity index (χ3n) is 4.74. The summed E-state index contributed by atoms with van der Waals surface area (Å²) in [6.45, 7) is 0.905. The van der Waals surface area contributed by atoms with E-state index in [0.717, 1.165) is 22.2 Å². The first-order chi connectivity index (χ1) is 15.1. The Morgan fingerprint density at radius 1 is 1.19 bits per heavy atom. The number of hydrogen-bond acceptors (Lipinski definition) is 5. The van der Waals surface area contributed by atoms with Crippen molar-refractivity contribution in [3.63, 3.8) is 0 Å². The highest BCUT2D eigenvalue weighted by Gasteiger charge is 2.08. The van der Waals surface area contributed by atoms with Gasteiger partial charge in [0.15, 0.2) is 0 Å². The predicted octanol–water partition coefficient (Wildman–Crippen LogP) is 2.30. The van der Waals surface area contributed by atoms with Gasteiger partial charge in [0.1, 0.15) is 5.75 Å². The fourth-order valence-electron chi connectivity index (χ4n) is 3.18. The molecule has 3 rings (SSSR count). The number of hydrazone groups is 1. The van der Waals surface area contributed by atoms with Crippen molar-refractivity contribution in [1.29, 1.82) is 0 Å². The molecule has 0 aliphatic heterocycles. The molecule has 2 aromatic carbocycles. The topological polar surface area (TPSA) is 105 Å². The molecular weight excluding hydrogens is 396 g/mol. The van der Waals surface area contributed by atoms with Gasteiger partial charge >= 0.3 is 0 Å². The van der Waals surface area contributed by atoms with Gasteiger partial charge in [-0.2, -0.15) is 5.10 Å². The Hall–Kier alpha value is -3.65. The Morgan fingerprint density at radius 2 is 2.06 bits per heavy atom. The van der Waals surface area contributed by atoms with Crippen LogP contribution in [0.4, 0.5) is 0 Å². The van der Waals surface area contributed by atoms with Gasteiger partial charge in [0, 0.05) is 42.2 Å². The Kier molecular flexibility index (Phi) is 7.78. The number of nitrogens with one attached hydrogen (secondary N) is 2. The fourth-order valence-corrected chi connectivity index (χ4v) is 3.18.